The molecule has 5 heteroatoms. The lowest BCUT2D eigenvalue weighted by molar-refractivity contribution is 0.761. The van der Waals surface area contributed by atoms with Crippen molar-refractivity contribution in [1.82, 2.24) is 14.9 Å². The van der Waals surface area contributed by atoms with Gasteiger partial charge in [-0.2, -0.15) is 9.78 Å². The fraction of sp³-hybridized carbons (Fsp3) is 0.250. The Kier molecular flexibility index (Phi) is 1.02. The standard InChI is InChI=1S/C4H4N4S/c1-2-9-4-7-5-3-8(4)6-1/h1,3H,2H2. The summed E-state index contributed by atoms with van der Waals surface area (Å²) >= 11 is 1.64. The predicted molar refractivity (Wildman–Crippen MR) is 34.6 cm³/mol. The maximum absolute atomic E-state index is 4.00. The summed E-state index contributed by atoms with van der Waals surface area (Å²) in [7, 11) is 0. The van der Waals surface area contributed by atoms with Crippen molar-refractivity contribution in [3.8, 4) is 0 Å². The summed E-state index contributed by atoms with van der Waals surface area (Å²) < 4.78 is 1.66. The first-order chi connectivity index (χ1) is 4.47. The van der Waals surface area contributed by atoms with Gasteiger partial charge in [0.2, 0.25) is 5.16 Å². The summed E-state index contributed by atoms with van der Waals surface area (Å²) in [4.78, 5) is 0. The normalized spacial score (nSPS) is 15.6. The van der Waals surface area contributed by atoms with Gasteiger partial charge in [-0.15, -0.1) is 10.2 Å². The molecule has 4 nitrogen and oxygen atoms in total. The van der Waals surface area contributed by atoms with Crippen molar-refractivity contribution in [3.63, 3.8) is 0 Å². The van der Waals surface area contributed by atoms with Gasteiger partial charge in [-0.3, -0.25) is 0 Å². The van der Waals surface area contributed by atoms with Gasteiger partial charge in [-0.1, -0.05) is 11.8 Å². The Morgan fingerprint density at radius 2 is 2.67 bits per heavy atom. The van der Waals surface area contributed by atoms with Crippen molar-refractivity contribution < 1.29 is 0 Å². The van der Waals surface area contributed by atoms with Crippen LogP contribution in [0.1, 0.15) is 0 Å². The van der Waals surface area contributed by atoms with Crippen LogP contribution < -0.4 is 0 Å². The van der Waals surface area contributed by atoms with Gasteiger partial charge in [0.1, 0.15) is 6.33 Å². The van der Waals surface area contributed by atoms with Crippen LogP contribution in [0.15, 0.2) is 16.6 Å². The third-order valence-corrected chi connectivity index (χ3v) is 1.84. The maximum atomic E-state index is 4.00. The molecule has 2 heterocycles. The summed E-state index contributed by atoms with van der Waals surface area (Å²) in [6, 6.07) is 0. The number of fused-ring (bicyclic) bond motifs is 1. The summed E-state index contributed by atoms with van der Waals surface area (Å²) in [5.74, 6) is 0.901. The van der Waals surface area contributed by atoms with E-state index in [1.165, 1.54) is 0 Å². The Morgan fingerprint density at radius 3 is 3.56 bits per heavy atom. The molecule has 0 fully saturated rings. The average molecular weight is 140 g/mol. The lowest BCUT2D eigenvalue weighted by Gasteiger charge is -2.00. The van der Waals surface area contributed by atoms with Gasteiger partial charge in [0.15, 0.2) is 0 Å². The molecule has 1 aliphatic heterocycles. The topological polar surface area (TPSA) is 43.1 Å². The second-order valence-electron chi connectivity index (χ2n) is 1.57. The van der Waals surface area contributed by atoms with Gasteiger partial charge in [0.25, 0.3) is 0 Å². The van der Waals surface area contributed by atoms with Crippen molar-refractivity contribution in [1.29, 1.82) is 0 Å². The molecule has 0 spiro atoms. The second-order valence-corrected chi connectivity index (χ2v) is 2.55. The van der Waals surface area contributed by atoms with Crippen LogP contribution in [-0.4, -0.2) is 26.8 Å². The number of rotatable bonds is 0. The largest absolute Gasteiger partial charge is 0.212 e. The first kappa shape index (κ1) is 4.99. The quantitative estimate of drug-likeness (QED) is 0.517. The Hall–Kier alpha value is -0.840. The Morgan fingerprint density at radius 1 is 1.67 bits per heavy atom. The number of thioether (sulfide) groups is 1. The van der Waals surface area contributed by atoms with E-state index in [9.17, 15) is 0 Å². The van der Waals surface area contributed by atoms with Crippen molar-refractivity contribution in [2.24, 2.45) is 5.10 Å². The molecule has 0 aliphatic carbocycles. The van der Waals surface area contributed by atoms with Gasteiger partial charge in [-0.25, -0.2) is 0 Å². The van der Waals surface area contributed by atoms with E-state index in [-0.39, 0.29) is 0 Å². The summed E-state index contributed by atoms with van der Waals surface area (Å²) in [6.07, 6.45) is 3.43. The highest BCUT2D eigenvalue weighted by molar-refractivity contribution is 7.99. The molecule has 1 aliphatic rings. The van der Waals surface area contributed by atoms with E-state index in [4.69, 9.17) is 0 Å². The van der Waals surface area contributed by atoms with Gasteiger partial charge >= 0.3 is 0 Å². The molecule has 0 atom stereocenters. The highest BCUT2D eigenvalue weighted by Crippen LogP contribution is 2.15. The molecule has 46 valence electrons. The molecular weight excluding hydrogens is 136 g/mol. The highest BCUT2D eigenvalue weighted by Gasteiger charge is 2.04. The molecule has 2 rings (SSSR count). The molecule has 0 saturated heterocycles. The Balaban J connectivity index is 2.53. The number of aromatic nitrogens is 3. The number of nitrogens with zero attached hydrogens (tertiary/aromatic N) is 4. The Bertz CT molecular complexity index is 240. The van der Waals surface area contributed by atoms with E-state index >= 15 is 0 Å². The van der Waals surface area contributed by atoms with Crippen LogP contribution in [0.5, 0.6) is 0 Å². The van der Waals surface area contributed by atoms with E-state index in [0.29, 0.717) is 0 Å². The molecule has 0 bridgehead atoms. The fourth-order valence-electron chi connectivity index (χ4n) is 0.627. The van der Waals surface area contributed by atoms with E-state index in [0.717, 1.165) is 10.9 Å². The molecule has 0 amide bonds. The van der Waals surface area contributed by atoms with Crippen LogP contribution in [0.2, 0.25) is 0 Å². The molecule has 0 aromatic carbocycles. The van der Waals surface area contributed by atoms with E-state index in [2.05, 4.69) is 15.3 Å². The minimum atomic E-state index is 0.873. The van der Waals surface area contributed by atoms with Crippen molar-refractivity contribution >= 4 is 18.0 Å². The van der Waals surface area contributed by atoms with Gasteiger partial charge in [0.05, 0.1) is 0 Å². The molecule has 1 aromatic heterocycles. The number of hydrogen-bond acceptors (Lipinski definition) is 4. The third-order valence-electron chi connectivity index (χ3n) is 0.993. The van der Waals surface area contributed by atoms with Crippen molar-refractivity contribution in [3.05, 3.63) is 6.33 Å². The Labute approximate surface area is 56.0 Å². The lowest BCUT2D eigenvalue weighted by Crippen LogP contribution is -1.98. The smallest absolute Gasteiger partial charge is 0.195 e. The van der Waals surface area contributed by atoms with E-state index in [1.54, 1.807) is 22.8 Å². The van der Waals surface area contributed by atoms with Crippen LogP contribution in [0.25, 0.3) is 0 Å². The molecule has 0 radical (unpaired) electrons. The number of hydrogen-bond donors (Lipinski definition) is 0. The predicted octanol–water partition coefficient (Wildman–Crippen LogP) is 0.218. The van der Waals surface area contributed by atoms with Crippen molar-refractivity contribution in [2.75, 3.05) is 5.75 Å². The zero-order valence-electron chi connectivity index (χ0n) is 4.56. The molecule has 0 unspecified atom stereocenters. The molecular formula is C4H4N4S. The summed E-state index contributed by atoms with van der Waals surface area (Å²) in [5.41, 5.74) is 0. The molecule has 0 N–H and O–H groups in total. The average Bonchev–Trinajstić information content (AvgIpc) is 2.33. The summed E-state index contributed by atoms with van der Waals surface area (Å²) in [6.45, 7) is 0. The molecule has 1 aromatic rings. The van der Waals surface area contributed by atoms with Crippen LogP contribution in [0.3, 0.4) is 0 Å². The minimum absolute atomic E-state index is 0.873. The zero-order chi connectivity index (χ0) is 6.10. The van der Waals surface area contributed by atoms with Crippen LogP contribution in [0.4, 0.5) is 0 Å². The van der Waals surface area contributed by atoms with E-state index < -0.39 is 0 Å². The lowest BCUT2D eigenvalue weighted by atomic mass is 10.9. The SMILES string of the molecule is C1=Nn2cnnc2SC1. The molecule has 0 saturated carbocycles. The van der Waals surface area contributed by atoms with Gasteiger partial charge < -0.3 is 0 Å². The van der Waals surface area contributed by atoms with Crippen LogP contribution in [0, 0.1) is 0 Å². The first-order valence-electron chi connectivity index (χ1n) is 2.52. The minimum Gasteiger partial charge on any atom is -0.195 e. The van der Waals surface area contributed by atoms with Crippen molar-refractivity contribution in [2.45, 2.75) is 5.16 Å². The fourth-order valence-corrected chi connectivity index (χ4v) is 1.25. The second kappa shape index (κ2) is 1.84. The highest BCUT2D eigenvalue weighted by atomic mass is 32.2. The van der Waals surface area contributed by atoms with Gasteiger partial charge in [-0.05, 0) is 0 Å². The van der Waals surface area contributed by atoms with Crippen LogP contribution in [-0.2, 0) is 0 Å². The molecule has 9 heavy (non-hydrogen) atoms. The van der Waals surface area contributed by atoms with Crippen LogP contribution >= 0.6 is 11.8 Å². The maximum Gasteiger partial charge on any atom is 0.212 e. The first-order valence-corrected chi connectivity index (χ1v) is 3.51. The monoisotopic (exact) mass is 140 g/mol. The zero-order valence-corrected chi connectivity index (χ0v) is 5.38. The van der Waals surface area contributed by atoms with Gasteiger partial charge in [0, 0.05) is 12.0 Å². The van der Waals surface area contributed by atoms with E-state index in [1.807, 2.05) is 6.21 Å². The third kappa shape index (κ3) is 0.730. The summed E-state index contributed by atoms with van der Waals surface area (Å²) in [5, 5.41) is 12.4.